The number of hydrogen-bond donors (Lipinski definition) is 1. The van der Waals surface area contributed by atoms with Crippen LogP contribution in [0.5, 0.6) is 11.5 Å². The van der Waals surface area contributed by atoms with E-state index in [1.165, 1.54) is 18.4 Å². The molecule has 1 unspecified atom stereocenters. The minimum atomic E-state index is -0.702. The van der Waals surface area contributed by atoms with Gasteiger partial charge in [0, 0.05) is 5.56 Å². The minimum Gasteiger partial charge on any atom is -0.497 e. The quantitative estimate of drug-likeness (QED) is 0.910. The summed E-state index contributed by atoms with van der Waals surface area (Å²) in [4.78, 5) is 0. The average molecular weight is 284 g/mol. The van der Waals surface area contributed by atoms with Crippen molar-refractivity contribution in [3.8, 4) is 11.5 Å². The Bertz CT molecular complexity index is 632. The van der Waals surface area contributed by atoms with Crippen molar-refractivity contribution in [2.45, 2.75) is 24.9 Å². The lowest BCUT2D eigenvalue weighted by atomic mass is 9.94. The van der Waals surface area contributed by atoms with Crippen molar-refractivity contribution in [3.05, 3.63) is 59.2 Å². The summed E-state index contributed by atoms with van der Waals surface area (Å²) in [5, 5.41) is 10.8. The lowest BCUT2D eigenvalue weighted by molar-refractivity contribution is 0.213. The molecule has 0 spiro atoms. The second kappa shape index (κ2) is 5.78. The molecule has 3 nitrogen and oxygen atoms in total. The molecule has 3 heteroatoms. The molecule has 1 aliphatic carbocycles. The molecular formula is C18H20O3. The van der Waals surface area contributed by atoms with E-state index < -0.39 is 6.10 Å². The summed E-state index contributed by atoms with van der Waals surface area (Å²) in [7, 11) is 3.24. The van der Waals surface area contributed by atoms with Crippen LogP contribution in [0, 0.1) is 0 Å². The van der Waals surface area contributed by atoms with Gasteiger partial charge in [-0.15, -0.1) is 0 Å². The summed E-state index contributed by atoms with van der Waals surface area (Å²) in [6.07, 6.45) is 1.71. The fourth-order valence-electron chi connectivity index (χ4n) is 2.75. The van der Waals surface area contributed by atoms with Gasteiger partial charge in [-0.2, -0.15) is 0 Å². The molecule has 2 aromatic carbocycles. The van der Waals surface area contributed by atoms with E-state index in [2.05, 4.69) is 6.07 Å². The highest BCUT2D eigenvalue weighted by Crippen LogP contribution is 2.44. The van der Waals surface area contributed by atoms with Crippen molar-refractivity contribution in [2.24, 2.45) is 0 Å². The fraction of sp³-hybridized carbons (Fsp3) is 0.333. The monoisotopic (exact) mass is 284 g/mol. The van der Waals surface area contributed by atoms with Crippen molar-refractivity contribution in [1.29, 1.82) is 0 Å². The first-order valence-corrected chi connectivity index (χ1v) is 7.23. The highest BCUT2D eigenvalue weighted by Gasteiger charge is 2.29. The Kier molecular flexibility index (Phi) is 3.84. The summed E-state index contributed by atoms with van der Waals surface area (Å²) in [5.74, 6) is 1.98. The molecule has 0 amide bonds. The Morgan fingerprint density at radius 1 is 1.00 bits per heavy atom. The molecule has 1 N–H and O–H groups in total. The van der Waals surface area contributed by atoms with Gasteiger partial charge in [-0.05, 0) is 48.1 Å². The van der Waals surface area contributed by atoms with E-state index in [9.17, 15) is 5.11 Å². The maximum Gasteiger partial charge on any atom is 0.125 e. The first kappa shape index (κ1) is 14.0. The molecule has 1 fully saturated rings. The van der Waals surface area contributed by atoms with Crippen molar-refractivity contribution in [2.75, 3.05) is 14.2 Å². The molecule has 0 aromatic heterocycles. The second-order valence-electron chi connectivity index (χ2n) is 5.41. The van der Waals surface area contributed by atoms with Crippen LogP contribution in [0.3, 0.4) is 0 Å². The molecule has 0 aliphatic heterocycles. The zero-order valence-electron chi connectivity index (χ0n) is 12.4. The van der Waals surface area contributed by atoms with Gasteiger partial charge >= 0.3 is 0 Å². The molecule has 3 rings (SSSR count). The van der Waals surface area contributed by atoms with Crippen molar-refractivity contribution < 1.29 is 14.6 Å². The highest BCUT2D eigenvalue weighted by atomic mass is 16.5. The topological polar surface area (TPSA) is 38.7 Å². The molecule has 21 heavy (non-hydrogen) atoms. The highest BCUT2D eigenvalue weighted by molar-refractivity contribution is 5.47. The van der Waals surface area contributed by atoms with Crippen LogP contribution >= 0.6 is 0 Å². The maximum absolute atomic E-state index is 10.8. The van der Waals surface area contributed by atoms with Gasteiger partial charge in [0.1, 0.15) is 17.6 Å². The number of aliphatic hydroxyl groups is 1. The Hall–Kier alpha value is -2.00. The minimum absolute atomic E-state index is 0.590. The van der Waals surface area contributed by atoms with E-state index in [4.69, 9.17) is 9.47 Å². The molecule has 0 heterocycles. The van der Waals surface area contributed by atoms with Crippen LogP contribution in [0.25, 0.3) is 0 Å². The maximum atomic E-state index is 10.8. The first-order valence-electron chi connectivity index (χ1n) is 7.23. The Balaban J connectivity index is 2.03. The van der Waals surface area contributed by atoms with Crippen LogP contribution in [-0.4, -0.2) is 19.3 Å². The van der Waals surface area contributed by atoms with Crippen LogP contribution in [0.1, 0.15) is 41.6 Å². The Morgan fingerprint density at radius 2 is 1.76 bits per heavy atom. The normalized spacial score (nSPS) is 15.6. The van der Waals surface area contributed by atoms with Gasteiger partial charge in [-0.25, -0.2) is 0 Å². The van der Waals surface area contributed by atoms with Crippen LogP contribution in [0.15, 0.2) is 42.5 Å². The second-order valence-corrected chi connectivity index (χ2v) is 5.41. The Morgan fingerprint density at radius 3 is 2.43 bits per heavy atom. The van der Waals surface area contributed by atoms with Crippen molar-refractivity contribution >= 4 is 0 Å². The molecule has 1 atom stereocenters. The zero-order chi connectivity index (χ0) is 14.8. The summed E-state index contributed by atoms with van der Waals surface area (Å²) < 4.78 is 10.7. The molecule has 0 bridgehead atoms. The number of rotatable bonds is 5. The largest absolute Gasteiger partial charge is 0.497 e. The lowest BCUT2D eigenvalue weighted by Crippen LogP contribution is -2.05. The number of aliphatic hydroxyl groups excluding tert-OH is 1. The summed E-state index contributed by atoms with van der Waals surface area (Å²) in [6, 6.07) is 13.6. The predicted molar refractivity (Wildman–Crippen MR) is 82.0 cm³/mol. The van der Waals surface area contributed by atoms with E-state index in [1.807, 2.05) is 36.4 Å². The Labute approximate surface area is 125 Å². The van der Waals surface area contributed by atoms with Gasteiger partial charge < -0.3 is 14.6 Å². The van der Waals surface area contributed by atoms with Gasteiger partial charge in [-0.1, -0.05) is 24.3 Å². The van der Waals surface area contributed by atoms with Crippen molar-refractivity contribution in [3.63, 3.8) is 0 Å². The molecule has 1 aliphatic rings. The number of ether oxygens (including phenoxy) is 2. The predicted octanol–water partition coefficient (Wildman–Crippen LogP) is 3.66. The number of benzene rings is 2. The van der Waals surface area contributed by atoms with Crippen LogP contribution < -0.4 is 9.47 Å². The third-order valence-electron chi connectivity index (χ3n) is 4.04. The van der Waals surface area contributed by atoms with E-state index in [0.717, 1.165) is 11.1 Å². The molecule has 2 aromatic rings. The van der Waals surface area contributed by atoms with E-state index in [0.29, 0.717) is 17.4 Å². The van der Waals surface area contributed by atoms with Gasteiger partial charge in [0.05, 0.1) is 14.2 Å². The SMILES string of the molecule is COc1ccc(OC)c(C(O)c2ccccc2C2CC2)c1. The molecule has 1 saturated carbocycles. The smallest absolute Gasteiger partial charge is 0.125 e. The van der Waals surface area contributed by atoms with Gasteiger partial charge in [0.25, 0.3) is 0 Å². The van der Waals surface area contributed by atoms with Crippen LogP contribution in [0.2, 0.25) is 0 Å². The number of methoxy groups -OCH3 is 2. The summed E-state index contributed by atoms with van der Waals surface area (Å²) >= 11 is 0. The molecular weight excluding hydrogens is 264 g/mol. The van der Waals surface area contributed by atoms with E-state index in [1.54, 1.807) is 14.2 Å². The summed E-state index contributed by atoms with van der Waals surface area (Å²) in [5.41, 5.74) is 2.95. The molecule has 0 saturated heterocycles. The van der Waals surface area contributed by atoms with Gasteiger partial charge in [0.15, 0.2) is 0 Å². The standard InChI is InChI=1S/C18H20O3/c1-20-13-9-10-17(21-2)16(11-13)18(19)15-6-4-3-5-14(15)12-7-8-12/h3-6,9-12,18-19H,7-8H2,1-2H3. The van der Waals surface area contributed by atoms with Crippen LogP contribution in [0.4, 0.5) is 0 Å². The van der Waals surface area contributed by atoms with E-state index >= 15 is 0 Å². The van der Waals surface area contributed by atoms with Gasteiger partial charge in [0.2, 0.25) is 0 Å². The summed E-state index contributed by atoms with van der Waals surface area (Å²) in [6.45, 7) is 0. The third-order valence-corrected chi connectivity index (χ3v) is 4.04. The van der Waals surface area contributed by atoms with Gasteiger partial charge in [-0.3, -0.25) is 0 Å². The fourth-order valence-corrected chi connectivity index (χ4v) is 2.75. The van der Waals surface area contributed by atoms with E-state index in [-0.39, 0.29) is 0 Å². The third kappa shape index (κ3) is 2.74. The number of hydrogen-bond acceptors (Lipinski definition) is 3. The first-order chi connectivity index (χ1) is 10.2. The molecule has 0 radical (unpaired) electrons. The lowest BCUT2D eigenvalue weighted by Gasteiger charge is -2.19. The molecule has 110 valence electrons. The van der Waals surface area contributed by atoms with Crippen LogP contribution in [-0.2, 0) is 0 Å². The average Bonchev–Trinajstić information content (AvgIpc) is 3.38. The zero-order valence-corrected chi connectivity index (χ0v) is 12.4. The van der Waals surface area contributed by atoms with Crippen molar-refractivity contribution in [1.82, 2.24) is 0 Å².